The minimum absolute atomic E-state index is 0. The summed E-state index contributed by atoms with van der Waals surface area (Å²) in [6.45, 7) is 3.04. The van der Waals surface area contributed by atoms with E-state index in [4.69, 9.17) is 9.15 Å². The Kier molecular flexibility index (Phi) is 5.12. The van der Waals surface area contributed by atoms with E-state index in [1.807, 2.05) is 24.3 Å². The van der Waals surface area contributed by atoms with E-state index in [-0.39, 0.29) is 18.4 Å². The number of anilines is 1. The van der Waals surface area contributed by atoms with Crippen molar-refractivity contribution in [2.45, 2.75) is 6.04 Å². The molecule has 24 heavy (non-hydrogen) atoms. The predicted molar refractivity (Wildman–Crippen MR) is 92.8 cm³/mol. The summed E-state index contributed by atoms with van der Waals surface area (Å²) >= 11 is 0. The molecule has 8 heteroatoms. The first-order valence-corrected chi connectivity index (χ1v) is 7.62. The Bertz CT molecular complexity index is 749. The Morgan fingerprint density at radius 2 is 2.21 bits per heavy atom. The van der Waals surface area contributed by atoms with Gasteiger partial charge in [-0.1, -0.05) is 0 Å². The number of pyridine rings is 2. The normalized spacial score (nSPS) is 17.5. The molecule has 0 aromatic carbocycles. The lowest BCUT2D eigenvalue weighted by Gasteiger charge is -2.34. The molecular formula is C16H18ClN5O2. The van der Waals surface area contributed by atoms with Crippen molar-refractivity contribution in [1.29, 1.82) is 0 Å². The second-order valence-corrected chi connectivity index (χ2v) is 5.37. The van der Waals surface area contributed by atoms with E-state index in [1.54, 1.807) is 18.6 Å². The Morgan fingerprint density at radius 1 is 1.29 bits per heavy atom. The van der Waals surface area contributed by atoms with Gasteiger partial charge in [0.2, 0.25) is 5.65 Å². The zero-order chi connectivity index (χ0) is 15.5. The van der Waals surface area contributed by atoms with E-state index in [0.29, 0.717) is 23.9 Å². The van der Waals surface area contributed by atoms with Gasteiger partial charge in [-0.25, -0.2) is 4.98 Å². The minimum atomic E-state index is 0. The molecule has 0 unspecified atom stereocenters. The van der Waals surface area contributed by atoms with Crippen LogP contribution in [-0.2, 0) is 0 Å². The summed E-state index contributed by atoms with van der Waals surface area (Å²) in [5, 5.41) is 3.38. The summed E-state index contributed by atoms with van der Waals surface area (Å²) in [6, 6.07) is 8.22. The lowest BCUT2D eigenvalue weighted by atomic mass is 10.2. The molecule has 4 heterocycles. The van der Waals surface area contributed by atoms with Crippen LogP contribution in [0.15, 0.2) is 47.3 Å². The topological polar surface area (TPSA) is 76.3 Å². The molecule has 0 bridgehead atoms. The lowest BCUT2D eigenvalue weighted by molar-refractivity contribution is 0.261. The molecule has 7 nitrogen and oxygen atoms in total. The lowest BCUT2D eigenvalue weighted by Crippen LogP contribution is -2.54. The number of hydrogen-bond donors (Lipinski definition) is 1. The van der Waals surface area contributed by atoms with E-state index in [9.17, 15) is 0 Å². The monoisotopic (exact) mass is 347 g/mol. The van der Waals surface area contributed by atoms with Gasteiger partial charge >= 0.3 is 0 Å². The van der Waals surface area contributed by atoms with E-state index < -0.39 is 0 Å². The number of nitrogens with zero attached hydrogens (tertiary/aromatic N) is 4. The van der Waals surface area contributed by atoms with Crippen molar-refractivity contribution < 1.29 is 9.15 Å². The van der Waals surface area contributed by atoms with Crippen LogP contribution in [0.2, 0.25) is 0 Å². The second-order valence-electron chi connectivity index (χ2n) is 5.37. The summed E-state index contributed by atoms with van der Waals surface area (Å²) in [5.74, 6) is 0.761. The first kappa shape index (κ1) is 16.5. The molecule has 0 amide bonds. The third-order valence-electron chi connectivity index (χ3n) is 3.83. The fourth-order valence-corrected chi connectivity index (χ4v) is 2.67. The van der Waals surface area contributed by atoms with E-state index in [2.05, 4.69) is 25.2 Å². The highest BCUT2D eigenvalue weighted by Crippen LogP contribution is 2.23. The van der Waals surface area contributed by atoms with Crippen molar-refractivity contribution in [3.05, 3.63) is 42.9 Å². The Balaban J connectivity index is 0.00000169. The summed E-state index contributed by atoms with van der Waals surface area (Å²) in [7, 11) is 0. The number of halogens is 1. The van der Waals surface area contributed by atoms with Crippen LogP contribution in [0.25, 0.3) is 11.2 Å². The quantitative estimate of drug-likeness (QED) is 0.772. The largest absolute Gasteiger partial charge is 0.490 e. The molecule has 1 aliphatic heterocycles. The maximum Gasteiger partial charge on any atom is 0.300 e. The number of piperazine rings is 1. The molecule has 4 rings (SSSR count). The van der Waals surface area contributed by atoms with Crippen LogP contribution in [0, 0.1) is 0 Å². The number of ether oxygens (including phenoxy) is 1. The molecule has 0 aliphatic carbocycles. The van der Waals surface area contributed by atoms with Gasteiger partial charge in [-0.3, -0.25) is 4.98 Å². The molecule has 126 valence electrons. The standard InChI is InChI=1S/C16H17N5O2.ClH/c1-3-13(10-17-5-1)22-11-12-9-18-7-8-21(12)16-20-15-14(23-16)4-2-6-19-15;/h1-6,10,12,18H,7-9,11H2;1H/t12-;/m1./s1. The van der Waals surface area contributed by atoms with Gasteiger partial charge in [0.25, 0.3) is 6.01 Å². The van der Waals surface area contributed by atoms with Crippen molar-refractivity contribution in [1.82, 2.24) is 20.3 Å². The number of nitrogens with one attached hydrogen (secondary N) is 1. The molecule has 3 aromatic rings. The van der Waals surface area contributed by atoms with Crippen LogP contribution in [0.5, 0.6) is 5.75 Å². The maximum absolute atomic E-state index is 5.85. The first-order valence-electron chi connectivity index (χ1n) is 7.62. The third kappa shape index (κ3) is 3.42. The summed E-state index contributed by atoms with van der Waals surface area (Å²) < 4.78 is 11.7. The zero-order valence-corrected chi connectivity index (χ0v) is 13.8. The van der Waals surface area contributed by atoms with Gasteiger partial charge in [-0.15, -0.1) is 12.4 Å². The van der Waals surface area contributed by atoms with Crippen LogP contribution in [0.4, 0.5) is 6.01 Å². The number of fused-ring (bicyclic) bond motifs is 1. The van der Waals surface area contributed by atoms with Crippen LogP contribution < -0.4 is 15.0 Å². The average molecular weight is 348 g/mol. The SMILES string of the molecule is Cl.c1cncc(OC[C@H]2CNCCN2c2nc3ncccc3o2)c1. The van der Waals surface area contributed by atoms with Gasteiger partial charge in [0.05, 0.1) is 12.2 Å². The molecule has 1 fully saturated rings. The van der Waals surface area contributed by atoms with Crippen molar-refractivity contribution >= 4 is 29.7 Å². The van der Waals surface area contributed by atoms with Crippen LogP contribution >= 0.6 is 12.4 Å². The van der Waals surface area contributed by atoms with Crippen LogP contribution in [0.1, 0.15) is 0 Å². The molecule has 1 saturated heterocycles. The van der Waals surface area contributed by atoms with Crippen LogP contribution in [0.3, 0.4) is 0 Å². The van der Waals surface area contributed by atoms with Gasteiger partial charge in [-0.2, -0.15) is 4.98 Å². The maximum atomic E-state index is 5.85. The molecule has 1 N–H and O–H groups in total. The molecular weight excluding hydrogens is 330 g/mol. The molecule has 0 saturated carbocycles. The highest BCUT2D eigenvalue weighted by atomic mass is 35.5. The fraction of sp³-hybridized carbons (Fsp3) is 0.312. The molecule has 0 spiro atoms. The Hall–Kier alpha value is -2.38. The second kappa shape index (κ2) is 7.46. The molecule has 1 atom stereocenters. The fourth-order valence-electron chi connectivity index (χ4n) is 2.67. The third-order valence-corrected chi connectivity index (χ3v) is 3.83. The highest BCUT2D eigenvalue weighted by molar-refractivity contribution is 5.85. The van der Waals surface area contributed by atoms with Crippen molar-refractivity contribution in [3.63, 3.8) is 0 Å². The van der Waals surface area contributed by atoms with Crippen molar-refractivity contribution in [3.8, 4) is 5.75 Å². The van der Waals surface area contributed by atoms with E-state index in [1.165, 1.54) is 0 Å². The van der Waals surface area contributed by atoms with Gasteiger partial charge < -0.3 is 19.4 Å². The smallest absolute Gasteiger partial charge is 0.300 e. The van der Waals surface area contributed by atoms with Crippen LogP contribution in [-0.4, -0.2) is 47.2 Å². The molecule has 1 aliphatic rings. The Labute approximate surface area is 145 Å². The zero-order valence-electron chi connectivity index (χ0n) is 13.0. The number of aromatic nitrogens is 3. The van der Waals surface area contributed by atoms with Gasteiger partial charge in [0.1, 0.15) is 12.4 Å². The van der Waals surface area contributed by atoms with Gasteiger partial charge in [-0.05, 0) is 24.3 Å². The summed E-state index contributed by atoms with van der Waals surface area (Å²) in [6.07, 6.45) is 5.16. The van der Waals surface area contributed by atoms with Gasteiger partial charge in [0.15, 0.2) is 5.58 Å². The van der Waals surface area contributed by atoms with E-state index in [0.717, 1.165) is 25.4 Å². The first-order chi connectivity index (χ1) is 11.4. The number of hydrogen-bond acceptors (Lipinski definition) is 7. The summed E-state index contributed by atoms with van der Waals surface area (Å²) in [5.41, 5.74) is 1.33. The number of oxazole rings is 1. The predicted octanol–water partition coefficient (Wildman–Crippen LogP) is 1.90. The molecule has 3 aromatic heterocycles. The van der Waals surface area contributed by atoms with E-state index >= 15 is 0 Å². The van der Waals surface area contributed by atoms with Crippen molar-refractivity contribution in [2.24, 2.45) is 0 Å². The summed E-state index contributed by atoms with van der Waals surface area (Å²) in [4.78, 5) is 14.9. The molecule has 0 radical (unpaired) electrons. The minimum Gasteiger partial charge on any atom is -0.490 e. The van der Waals surface area contributed by atoms with Crippen molar-refractivity contribution in [2.75, 3.05) is 31.1 Å². The highest BCUT2D eigenvalue weighted by Gasteiger charge is 2.27. The average Bonchev–Trinajstić information content (AvgIpc) is 3.05. The number of rotatable bonds is 4. The van der Waals surface area contributed by atoms with Gasteiger partial charge in [0, 0.05) is 32.0 Å². The Morgan fingerprint density at radius 3 is 3.04 bits per heavy atom.